The lowest BCUT2D eigenvalue weighted by Crippen LogP contribution is -2.43. The number of carbonyl (C=O) groups excluding carboxylic acids is 2. The molecule has 0 spiro atoms. The molecular weight excluding hydrogens is 332 g/mol. The summed E-state index contributed by atoms with van der Waals surface area (Å²) in [5.74, 6) is -0.0543. The van der Waals surface area contributed by atoms with Crippen molar-refractivity contribution in [2.45, 2.75) is 19.4 Å². The number of nitrogens with zero attached hydrogens (tertiary/aromatic N) is 1. The third-order valence-corrected chi connectivity index (χ3v) is 3.96. The van der Waals surface area contributed by atoms with E-state index >= 15 is 0 Å². The van der Waals surface area contributed by atoms with Gasteiger partial charge in [-0.15, -0.1) is 0 Å². The highest BCUT2D eigenvalue weighted by Gasteiger charge is 2.28. The van der Waals surface area contributed by atoms with Gasteiger partial charge >= 0.3 is 5.97 Å². The summed E-state index contributed by atoms with van der Waals surface area (Å²) in [6.07, 6.45) is 0.311. The van der Waals surface area contributed by atoms with Crippen LogP contribution in [0.2, 0.25) is 0 Å². The number of fused-ring (bicyclic) bond motifs is 1. The molecule has 1 unspecified atom stereocenters. The fourth-order valence-electron chi connectivity index (χ4n) is 2.65. The number of ether oxygens (including phenoxy) is 2. The largest absolute Gasteiger partial charge is 0.490 e. The Morgan fingerprint density at radius 2 is 1.92 bits per heavy atom. The second-order valence-electron chi connectivity index (χ2n) is 5.79. The van der Waals surface area contributed by atoms with Gasteiger partial charge in [0.05, 0.1) is 12.2 Å². The number of hydrogen-bond donors (Lipinski definition) is 1. The fourth-order valence-corrected chi connectivity index (χ4v) is 2.65. The number of carbonyl (C=O) groups is 2. The minimum absolute atomic E-state index is 0.112. The molecule has 0 saturated heterocycles. The smallest absolute Gasteiger partial charge is 0.354 e. The van der Waals surface area contributed by atoms with E-state index < -0.39 is 12.0 Å². The highest BCUT2D eigenvalue weighted by molar-refractivity contribution is 6.36. The van der Waals surface area contributed by atoms with E-state index in [0.29, 0.717) is 17.7 Å². The number of esters is 1. The standard InChI is InChI=1S/C20H20N2O4/c1-2-25-20(24)16(12-14-8-4-3-5-9-14)21-22-17-13-26-18-11-7-6-10-15(18)19(17)23/h3-11,17,22H,2,12-13H2,1H3/b21-16+. The number of hydrazone groups is 1. The van der Waals surface area contributed by atoms with E-state index in [9.17, 15) is 9.59 Å². The quantitative estimate of drug-likeness (QED) is 0.491. The maximum absolute atomic E-state index is 12.6. The lowest BCUT2D eigenvalue weighted by molar-refractivity contribution is -0.135. The minimum Gasteiger partial charge on any atom is -0.490 e. The van der Waals surface area contributed by atoms with Gasteiger partial charge in [-0.2, -0.15) is 5.10 Å². The average Bonchev–Trinajstić information content (AvgIpc) is 2.67. The van der Waals surface area contributed by atoms with Crippen molar-refractivity contribution in [2.24, 2.45) is 5.10 Å². The van der Waals surface area contributed by atoms with E-state index in [1.165, 1.54) is 0 Å². The zero-order chi connectivity index (χ0) is 18.4. The molecule has 1 aliphatic heterocycles. The van der Waals surface area contributed by atoms with Crippen LogP contribution in [0.4, 0.5) is 0 Å². The second-order valence-corrected chi connectivity index (χ2v) is 5.79. The molecule has 1 N–H and O–H groups in total. The normalized spacial score (nSPS) is 16.4. The van der Waals surface area contributed by atoms with Crippen molar-refractivity contribution in [3.63, 3.8) is 0 Å². The molecule has 0 aromatic heterocycles. The van der Waals surface area contributed by atoms with Crippen molar-refractivity contribution in [1.82, 2.24) is 5.43 Å². The summed E-state index contributed by atoms with van der Waals surface area (Å²) in [4.78, 5) is 24.7. The van der Waals surface area contributed by atoms with Crippen LogP contribution in [0.25, 0.3) is 0 Å². The number of rotatable bonds is 6. The first-order valence-electron chi connectivity index (χ1n) is 8.48. The minimum atomic E-state index is -0.648. The van der Waals surface area contributed by atoms with Gasteiger partial charge in [-0.1, -0.05) is 42.5 Å². The van der Waals surface area contributed by atoms with Crippen LogP contribution in [0.15, 0.2) is 59.7 Å². The van der Waals surface area contributed by atoms with Gasteiger partial charge in [0.2, 0.25) is 0 Å². The Bertz CT molecular complexity index is 818. The molecule has 1 atom stereocenters. The Morgan fingerprint density at radius 1 is 1.19 bits per heavy atom. The van der Waals surface area contributed by atoms with Crippen LogP contribution in [0.3, 0.4) is 0 Å². The van der Waals surface area contributed by atoms with Gasteiger partial charge in [0, 0.05) is 6.42 Å². The van der Waals surface area contributed by atoms with Crippen LogP contribution >= 0.6 is 0 Å². The Balaban J connectivity index is 1.76. The molecule has 3 rings (SSSR count). The number of ketones is 1. The summed E-state index contributed by atoms with van der Waals surface area (Å²) >= 11 is 0. The number of hydrogen-bond acceptors (Lipinski definition) is 6. The summed E-state index contributed by atoms with van der Waals surface area (Å²) in [5, 5.41) is 4.18. The first kappa shape index (κ1) is 17.7. The molecule has 0 radical (unpaired) electrons. The SMILES string of the molecule is CCOC(=O)/C(Cc1ccccc1)=N/NC1COc2ccccc2C1=O. The molecule has 1 heterocycles. The molecule has 6 heteroatoms. The van der Waals surface area contributed by atoms with Crippen LogP contribution in [0, 0.1) is 0 Å². The molecule has 0 amide bonds. The van der Waals surface area contributed by atoms with E-state index in [4.69, 9.17) is 9.47 Å². The van der Waals surface area contributed by atoms with Crippen LogP contribution in [0.1, 0.15) is 22.8 Å². The number of para-hydroxylation sites is 1. The molecule has 26 heavy (non-hydrogen) atoms. The highest BCUT2D eigenvalue weighted by atomic mass is 16.5. The van der Waals surface area contributed by atoms with Gasteiger partial charge in [0.25, 0.3) is 0 Å². The summed E-state index contributed by atoms with van der Waals surface area (Å²) < 4.78 is 10.7. The predicted molar refractivity (Wildman–Crippen MR) is 97.4 cm³/mol. The number of nitrogens with one attached hydrogen (secondary N) is 1. The van der Waals surface area contributed by atoms with E-state index in [0.717, 1.165) is 5.56 Å². The molecule has 2 aromatic carbocycles. The van der Waals surface area contributed by atoms with E-state index in [1.807, 2.05) is 36.4 Å². The number of benzene rings is 2. The second kappa shape index (κ2) is 8.29. The van der Waals surface area contributed by atoms with Gasteiger partial charge in [-0.05, 0) is 24.6 Å². The summed E-state index contributed by atoms with van der Waals surface area (Å²) in [7, 11) is 0. The lowest BCUT2D eigenvalue weighted by atomic mass is 10.0. The van der Waals surface area contributed by atoms with E-state index in [2.05, 4.69) is 10.5 Å². The van der Waals surface area contributed by atoms with Crippen molar-refractivity contribution in [3.05, 3.63) is 65.7 Å². The van der Waals surface area contributed by atoms with Crippen molar-refractivity contribution in [3.8, 4) is 5.75 Å². The summed E-state index contributed by atoms with van der Waals surface area (Å²) in [5.41, 5.74) is 4.43. The first-order chi connectivity index (χ1) is 12.7. The van der Waals surface area contributed by atoms with Crippen molar-refractivity contribution >= 4 is 17.5 Å². The molecule has 6 nitrogen and oxygen atoms in total. The van der Waals surface area contributed by atoms with Gasteiger partial charge in [-0.25, -0.2) is 4.79 Å². The molecule has 2 aromatic rings. The van der Waals surface area contributed by atoms with Gasteiger partial charge in [-0.3, -0.25) is 10.2 Å². The zero-order valence-corrected chi connectivity index (χ0v) is 14.5. The zero-order valence-electron chi connectivity index (χ0n) is 14.5. The Kier molecular flexibility index (Phi) is 5.63. The number of Topliss-reactive ketones (excluding diaryl/α,β-unsaturated/α-hetero) is 1. The topological polar surface area (TPSA) is 77.0 Å². The maximum Gasteiger partial charge on any atom is 0.354 e. The fraction of sp³-hybridized carbons (Fsp3) is 0.250. The molecule has 134 valence electrons. The first-order valence-corrected chi connectivity index (χ1v) is 8.48. The third-order valence-electron chi connectivity index (χ3n) is 3.96. The Labute approximate surface area is 151 Å². The maximum atomic E-state index is 12.6. The summed E-state index contributed by atoms with van der Waals surface area (Å²) in [6.45, 7) is 2.15. The summed E-state index contributed by atoms with van der Waals surface area (Å²) in [6, 6.07) is 15.9. The molecule has 0 saturated carbocycles. The van der Waals surface area contributed by atoms with Crippen molar-refractivity contribution in [2.75, 3.05) is 13.2 Å². The average molecular weight is 352 g/mol. The lowest BCUT2D eigenvalue weighted by Gasteiger charge is -2.23. The molecule has 0 aliphatic carbocycles. The van der Waals surface area contributed by atoms with Crippen molar-refractivity contribution < 1.29 is 19.1 Å². The van der Waals surface area contributed by atoms with E-state index in [1.54, 1.807) is 25.1 Å². The molecule has 0 bridgehead atoms. The molecular formula is C20H20N2O4. The third kappa shape index (κ3) is 4.08. The van der Waals surface area contributed by atoms with Gasteiger partial charge < -0.3 is 9.47 Å². The van der Waals surface area contributed by atoms with Crippen LogP contribution in [-0.4, -0.2) is 36.7 Å². The van der Waals surface area contributed by atoms with Crippen LogP contribution in [-0.2, 0) is 16.0 Å². The van der Waals surface area contributed by atoms with Gasteiger partial charge in [0.1, 0.15) is 24.1 Å². The van der Waals surface area contributed by atoms with E-state index in [-0.39, 0.29) is 24.7 Å². The van der Waals surface area contributed by atoms with Crippen molar-refractivity contribution in [1.29, 1.82) is 0 Å². The Morgan fingerprint density at radius 3 is 2.69 bits per heavy atom. The predicted octanol–water partition coefficient (Wildman–Crippen LogP) is 2.38. The van der Waals surface area contributed by atoms with Gasteiger partial charge in [0.15, 0.2) is 5.78 Å². The van der Waals surface area contributed by atoms with Crippen LogP contribution in [0.5, 0.6) is 5.75 Å². The Hall–Kier alpha value is -3.15. The van der Waals surface area contributed by atoms with Crippen LogP contribution < -0.4 is 10.2 Å². The highest BCUT2D eigenvalue weighted by Crippen LogP contribution is 2.23. The monoisotopic (exact) mass is 352 g/mol. The molecule has 0 fully saturated rings. The molecule has 1 aliphatic rings.